The van der Waals surface area contributed by atoms with Crippen LogP contribution in [0.5, 0.6) is 0 Å². The second-order valence-corrected chi connectivity index (χ2v) is 4.97. The van der Waals surface area contributed by atoms with E-state index in [-0.39, 0.29) is 0 Å². The summed E-state index contributed by atoms with van der Waals surface area (Å²) in [5.41, 5.74) is 2.61. The molecule has 0 saturated carbocycles. The number of aryl methyl sites for hydroxylation is 1. The van der Waals surface area contributed by atoms with E-state index in [0.717, 1.165) is 31.1 Å². The summed E-state index contributed by atoms with van der Waals surface area (Å²) in [6, 6.07) is 8.42. The molecule has 0 radical (unpaired) electrons. The molecule has 0 aliphatic rings. The Labute approximate surface area is 120 Å². The molecule has 0 aliphatic carbocycles. The number of rotatable bonds is 6. The van der Waals surface area contributed by atoms with E-state index in [2.05, 4.69) is 58.3 Å². The molecule has 0 aliphatic heterocycles. The fourth-order valence-electron chi connectivity index (χ4n) is 2.00. The van der Waals surface area contributed by atoms with Crippen LogP contribution in [0.4, 0.5) is 11.6 Å². The Morgan fingerprint density at radius 3 is 2.75 bits per heavy atom. The minimum absolute atomic E-state index is 0.832. The Balaban J connectivity index is 2.09. The first-order valence-electron chi connectivity index (χ1n) is 7.02. The third-order valence-corrected chi connectivity index (χ3v) is 3.24. The second kappa shape index (κ2) is 6.89. The van der Waals surface area contributed by atoms with Gasteiger partial charge in [0.25, 0.3) is 0 Å². The van der Waals surface area contributed by atoms with Gasteiger partial charge in [0, 0.05) is 20.1 Å². The summed E-state index contributed by atoms with van der Waals surface area (Å²) in [6.45, 7) is 6.01. The lowest BCUT2D eigenvalue weighted by Gasteiger charge is -2.19. The smallest absolute Gasteiger partial charge is 0.149 e. The first kappa shape index (κ1) is 14.3. The quantitative estimate of drug-likeness (QED) is 0.875. The summed E-state index contributed by atoms with van der Waals surface area (Å²) in [7, 11) is 2.04. The summed E-state index contributed by atoms with van der Waals surface area (Å²) in [6.07, 6.45) is 4.64. The van der Waals surface area contributed by atoms with E-state index in [9.17, 15) is 0 Å². The number of benzene rings is 1. The van der Waals surface area contributed by atoms with Crippen molar-refractivity contribution in [3.63, 3.8) is 0 Å². The maximum atomic E-state index is 4.59. The Morgan fingerprint density at radius 2 is 2.00 bits per heavy atom. The van der Waals surface area contributed by atoms with E-state index in [1.807, 2.05) is 7.05 Å². The zero-order valence-corrected chi connectivity index (χ0v) is 12.4. The van der Waals surface area contributed by atoms with Gasteiger partial charge in [-0.3, -0.25) is 4.98 Å². The molecule has 0 atom stereocenters. The van der Waals surface area contributed by atoms with Gasteiger partial charge in [0.05, 0.1) is 12.4 Å². The second-order valence-electron chi connectivity index (χ2n) is 4.97. The van der Waals surface area contributed by atoms with Crippen molar-refractivity contribution in [2.45, 2.75) is 26.8 Å². The third kappa shape index (κ3) is 3.70. The van der Waals surface area contributed by atoms with E-state index in [1.165, 1.54) is 11.1 Å². The number of hydrogen-bond donors (Lipinski definition) is 1. The minimum atomic E-state index is 0.832. The average Bonchev–Trinajstić information content (AvgIpc) is 2.48. The molecule has 2 rings (SSSR count). The van der Waals surface area contributed by atoms with Crippen molar-refractivity contribution in [1.82, 2.24) is 9.97 Å². The molecule has 20 heavy (non-hydrogen) atoms. The molecule has 4 heteroatoms. The molecule has 0 amide bonds. The standard InChI is InChI=1S/C16H22N4/c1-4-9-18-15-10-17-11-16(19-15)20(3)12-14-8-6-5-7-13(14)2/h5-8,10-11H,4,9,12H2,1-3H3,(H,18,19). The van der Waals surface area contributed by atoms with Gasteiger partial charge in [-0.2, -0.15) is 0 Å². The fourth-order valence-corrected chi connectivity index (χ4v) is 2.00. The van der Waals surface area contributed by atoms with Crippen molar-refractivity contribution in [3.05, 3.63) is 47.8 Å². The van der Waals surface area contributed by atoms with Crippen molar-refractivity contribution in [2.75, 3.05) is 23.8 Å². The first-order chi connectivity index (χ1) is 9.70. The topological polar surface area (TPSA) is 41.1 Å². The molecule has 0 bridgehead atoms. The van der Waals surface area contributed by atoms with Crippen molar-refractivity contribution in [1.29, 1.82) is 0 Å². The van der Waals surface area contributed by atoms with Crippen LogP contribution in [0.3, 0.4) is 0 Å². The minimum Gasteiger partial charge on any atom is -0.369 e. The molecule has 0 unspecified atom stereocenters. The Morgan fingerprint density at radius 1 is 1.20 bits per heavy atom. The van der Waals surface area contributed by atoms with Gasteiger partial charge < -0.3 is 10.2 Å². The SMILES string of the molecule is CCCNc1cncc(N(C)Cc2ccccc2C)n1. The highest BCUT2D eigenvalue weighted by atomic mass is 15.2. The normalized spacial score (nSPS) is 10.3. The lowest BCUT2D eigenvalue weighted by atomic mass is 10.1. The molecule has 2 aromatic rings. The van der Waals surface area contributed by atoms with Gasteiger partial charge >= 0.3 is 0 Å². The molecule has 106 valence electrons. The highest BCUT2D eigenvalue weighted by molar-refractivity contribution is 5.44. The van der Waals surface area contributed by atoms with Gasteiger partial charge in [0.2, 0.25) is 0 Å². The maximum Gasteiger partial charge on any atom is 0.149 e. The molecule has 1 N–H and O–H groups in total. The van der Waals surface area contributed by atoms with E-state index in [1.54, 1.807) is 12.4 Å². The molecule has 1 aromatic carbocycles. The van der Waals surface area contributed by atoms with Gasteiger partial charge in [-0.25, -0.2) is 4.98 Å². The summed E-state index contributed by atoms with van der Waals surface area (Å²) < 4.78 is 0. The third-order valence-electron chi connectivity index (χ3n) is 3.24. The predicted molar refractivity (Wildman–Crippen MR) is 84.1 cm³/mol. The van der Waals surface area contributed by atoms with E-state index < -0.39 is 0 Å². The van der Waals surface area contributed by atoms with E-state index in [4.69, 9.17) is 0 Å². The van der Waals surface area contributed by atoms with Gasteiger partial charge in [-0.15, -0.1) is 0 Å². The molecular weight excluding hydrogens is 248 g/mol. The van der Waals surface area contributed by atoms with Gasteiger partial charge in [0.15, 0.2) is 0 Å². The van der Waals surface area contributed by atoms with Gasteiger partial charge in [-0.05, 0) is 24.5 Å². The molecule has 1 aromatic heterocycles. The molecule has 0 spiro atoms. The number of aromatic nitrogens is 2. The van der Waals surface area contributed by atoms with Crippen molar-refractivity contribution in [3.8, 4) is 0 Å². The van der Waals surface area contributed by atoms with E-state index >= 15 is 0 Å². The highest BCUT2D eigenvalue weighted by Gasteiger charge is 2.06. The summed E-state index contributed by atoms with van der Waals surface area (Å²) in [5, 5.41) is 3.26. The van der Waals surface area contributed by atoms with E-state index in [0.29, 0.717) is 0 Å². The van der Waals surface area contributed by atoms with Crippen LogP contribution >= 0.6 is 0 Å². The zero-order valence-electron chi connectivity index (χ0n) is 12.4. The Hall–Kier alpha value is -2.10. The molecular formula is C16H22N4. The van der Waals surface area contributed by atoms with Crippen LogP contribution in [-0.4, -0.2) is 23.6 Å². The number of hydrogen-bond acceptors (Lipinski definition) is 4. The summed E-state index contributed by atoms with van der Waals surface area (Å²) >= 11 is 0. The van der Waals surface area contributed by atoms with Crippen LogP contribution in [-0.2, 0) is 6.54 Å². The molecule has 0 saturated heterocycles. The first-order valence-corrected chi connectivity index (χ1v) is 7.02. The fraction of sp³-hybridized carbons (Fsp3) is 0.375. The Bertz CT molecular complexity index is 554. The van der Waals surface area contributed by atoms with Crippen molar-refractivity contribution < 1.29 is 0 Å². The maximum absolute atomic E-state index is 4.59. The largest absolute Gasteiger partial charge is 0.369 e. The monoisotopic (exact) mass is 270 g/mol. The molecule has 0 fully saturated rings. The lowest BCUT2D eigenvalue weighted by molar-refractivity contribution is 0.879. The summed E-state index contributed by atoms with van der Waals surface area (Å²) in [5.74, 6) is 1.72. The van der Waals surface area contributed by atoms with Crippen LogP contribution in [0.2, 0.25) is 0 Å². The molecule has 1 heterocycles. The predicted octanol–water partition coefficient (Wildman–Crippen LogP) is 3.24. The van der Waals surface area contributed by atoms with Gasteiger partial charge in [0.1, 0.15) is 11.6 Å². The van der Waals surface area contributed by atoms with Crippen LogP contribution < -0.4 is 10.2 Å². The van der Waals surface area contributed by atoms with Crippen molar-refractivity contribution >= 4 is 11.6 Å². The summed E-state index contributed by atoms with van der Waals surface area (Å²) in [4.78, 5) is 11.0. The van der Waals surface area contributed by atoms with Crippen molar-refractivity contribution in [2.24, 2.45) is 0 Å². The molecule has 4 nitrogen and oxygen atoms in total. The van der Waals surface area contributed by atoms with Crippen LogP contribution in [0.15, 0.2) is 36.7 Å². The number of nitrogens with one attached hydrogen (secondary N) is 1. The zero-order chi connectivity index (χ0) is 14.4. The van der Waals surface area contributed by atoms with Crippen LogP contribution in [0.25, 0.3) is 0 Å². The number of nitrogens with zero attached hydrogens (tertiary/aromatic N) is 3. The number of anilines is 2. The highest BCUT2D eigenvalue weighted by Crippen LogP contribution is 2.16. The van der Waals surface area contributed by atoms with Gasteiger partial charge in [-0.1, -0.05) is 31.2 Å². The Kier molecular flexibility index (Phi) is 4.93. The van der Waals surface area contributed by atoms with Crippen LogP contribution in [0.1, 0.15) is 24.5 Å². The van der Waals surface area contributed by atoms with Crippen LogP contribution in [0, 0.1) is 6.92 Å². The average molecular weight is 270 g/mol. The lowest BCUT2D eigenvalue weighted by Crippen LogP contribution is -2.19.